The quantitative estimate of drug-likeness (QED) is 0.675. The zero-order valence-electron chi connectivity index (χ0n) is 11.9. The van der Waals surface area contributed by atoms with Gasteiger partial charge in [0.25, 0.3) is 0 Å². The van der Waals surface area contributed by atoms with Gasteiger partial charge in [-0.15, -0.1) is 0 Å². The molecule has 0 aliphatic heterocycles. The summed E-state index contributed by atoms with van der Waals surface area (Å²) in [6, 6.07) is 10.3. The number of aromatic nitrogens is 2. The van der Waals surface area contributed by atoms with Crippen molar-refractivity contribution in [1.82, 2.24) is 9.97 Å². The lowest BCUT2D eigenvalue weighted by molar-refractivity contribution is 1.11. The molecular formula is C16H16BrN3O. The Morgan fingerprint density at radius 1 is 1.10 bits per heavy atom. The van der Waals surface area contributed by atoms with Crippen LogP contribution in [-0.4, -0.2) is 9.97 Å². The molecule has 5 heteroatoms. The van der Waals surface area contributed by atoms with Crippen molar-refractivity contribution in [1.29, 1.82) is 0 Å². The number of aromatic amines is 2. The Bertz CT molecular complexity index is 864. The number of fused-ring (bicyclic) bond motifs is 1. The first kappa shape index (κ1) is 13.9. The Morgan fingerprint density at radius 2 is 1.81 bits per heavy atom. The van der Waals surface area contributed by atoms with Crippen molar-refractivity contribution >= 4 is 32.7 Å². The summed E-state index contributed by atoms with van der Waals surface area (Å²) >= 11 is 3.53. The SMILES string of the molecule is Cc1ccc(C)c(CNc2cc3[nH]c(=O)[nH]c3cc2Br)c1. The standard InChI is InChI=1S/C16H16BrN3O/c1-9-3-4-10(2)11(5-9)8-18-13-7-15-14(6-12(13)17)19-16(21)20-15/h3-7,18H,8H2,1-2H3,(H2,19,20,21). The molecule has 0 fully saturated rings. The second kappa shape index (κ2) is 5.41. The molecule has 0 bridgehead atoms. The molecule has 3 aromatic rings. The Hall–Kier alpha value is -2.01. The van der Waals surface area contributed by atoms with E-state index in [-0.39, 0.29) is 5.69 Å². The van der Waals surface area contributed by atoms with E-state index in [2.05, 4.69) is 63.3 Å². The van der Waals surface area contributed by atoms with Crippen molar-refractivity contribution in [2.45, 2.75) is 20.4 Å². The molecule has 0 amide bonds. The predicted molar refractivity (Wildman–Crippen MR) is 89.9 cm³/mol. The molecule has 0 saturated carbocycles. The fourth-order valence-corrected chi connectivity index (χ4v) is 2.86. The summed E-state index contributed by atoms with van der Waals surface area (Å²) in [5, 5.41) is 3.42. The van der Waals surface area contributed by atoms with Crippen molar-refractivity contribution < 1.29 is 0 Å². The van der Waals surface area contributed by atoms with Crippen LogP contribution in [0.2, 0.25) is 0 Å². The highest BCUT2D eigenvalue weighted by Crippen LogP contribution is 2.27. The smallest absolute Gasteiger partial charge is 0.323 e. The van der Waals surface area contributed by atoms with Gasteiger partial charge in [-0.25, -0.2) is 4.79 Å². The van der Waals surface area contributed by atoms with Crippen LogP contribution in [0.15, 0.2) is 39.6 Å². The van der Waals surface area contributed by atoms with E-state index in [0.29, 0.717) is 0 Å². The number of hydrogen-bond acceptors (Lipinski definition) is 2. The first-order valence-corrected chi connectivity index (χ1v) is 7.54. The monoisotopic (exact) mass is 345 g/mol. The lowest BCUT2D eigenvalue weighted by Gasteiger charge is -2.11. The van der Waals surface area contributed by atoms with Crippen molar-refractivity contribution in [2.75, 3.05) is 5.32 Å². The third-order valence-electron chi connectivity index (χ3n) is 3.58. The van der Waals surface area contributed by atoms with Gasteiger partial charge in [-0.3, -0.25) is 0 Å². The summed E-state index contributed by atoms with van der Waals surface area (Å²) in [6.45, 7) is 4.94. The van der Waals surface area contributed by atoms with Crippen LogP contribution in [-0.2, 0) is 6.54 Å². The third-order valence-corrected chi connectivity index (χ3v) is 4.23. The third kappa shape index (κ3) is 2.88. The maximum atomic E-state index is 11.3. The molecular weight excluding hydrogens is 330 g/mol. The lowest BCUT2D eigenvalue weighted by atomic mass is 10.1. The Morgan fingerprint density at radius 3 is 2.57 bits per heavy atom. The second-order valence-corrected chi connectivity index (χ2v) is 6.09. The summed E-state index contributed by atoms with van der Waals surface area (Å²) in [7, 11) is 0. The minimum atomic E-state index is -0.191. The van der Waals surface area contributed by atoms with E-state index < -0.39 is 0 Å². The number of benzene rings is 2. The zero-order valence-corrected chi connectivity index (χ0v) is 13.5. The fourth-order valence-electron chi connectivity index (χ4n) is 2.37. The fraction of sp³-hybridized carbons (Fsp3) is 0.188. The molecule has 0 unspecified atom stereocenters. The van der Waals surface area contributed by atoms with Gasteiger partial charge in [0.05, 0.1) is 16.7 Å². The molecule has 4 nitrogen and oxygen atoms in total. The Kier molecular flexibility index (Phi) is 3.59. The van der Waals surface area contributed by atoms with E-state index in [1.54, 1.807) is 0 Å². The molecule has 21 heavy (non-hydrogen) atoms. The van der Waals surface area contributed by atoms with Crippen LogP contribution in [0.4, 0.5) is 5.69 Å². The first-order valence-electron chi connectivity index (χ1n) is 6.74. The minimum absolute atomic E-state index is 0.191. The summed E-state index contributed by atoms with van der Waals surface area (Å²) in [5.41, 5.74) is 6.14. The van der Waals surface area contributed by atoms with E-state index in [1.165, 1.54) is 16.7 Å². The molecule has 0 spiro atoms. The number of hydrogen-bond donors (Lipinski definition) is 3. The topological polar surface area (TPSA) is 60.7 Å². The van der Waals surface area contributed by atoms with Gasteiger partial charge in [0.2, 0.25) is 0 Å². The van der Waals surface area contributed by atoms with Crippen LogP contribution >= 0.6 is 15.9 Å². The van der Waals surface area contributed by atoms with Crippen LogP contribution < -0.4 is 11.0 Å². The highest BCUT2D eigenvalue weighted by atomic mass is 79.9. The molecule has 0 aliphatic rings. The summed E-state index contributed by atoms with van der Waals surface area (Å²) in [5.74, 6) is 0. The highest BCUT2D eigenvalue weighted by molar-refractivity contribution is 9.10. The van der Waals surface area contributed by atoms with Gasteiger partial charge in [0, 0.05) is 11.0 Å². The van der Waals surface area contributed by atoms with Gasteiger partial charge in [-0.1, -0.05) is 23.8 Å². The number of imidazole rings is 1. The Balaban J connectivity index is 1.89. The molecule has 0 aliphatic carbocycles. The van der Waals surface area contributed by atoms with Crippen LogP contribution in [0.1, 0.15) is 16.7 Å². The predicted octanol–water partition coefficient (Wildman–Crippen LogP) is 3.85. The van der Waals surface area contributed by atoms with E-state index in [0.717, 1.165) is 27.7 Å². The number of rotatable bonds is 3. The molecule has 0 saturated heterocycles. The molecule has 108 valence electrons. The minimum Gasteiger partial charge on any atom is -0.380 e. The van der Waals surface area contributed by atoms with E-state index in [1.807, 2.05) is 12.1 Å². The zero-order chi connectivity index (χ0) is 15.0. The van der Waals surface area contributed by atoms with Crippen molar-refractivity contribution in [3.05, 3.63) is 62.0 Å². The number of halogens is 1. The van der Waals surface area contributed by atoms with Crippen LogP contribution in [0, 0.1) is 13.8 Å². The molecule has 2 aromatic carbocycles. The van der Waals surface area contributed by atoms with Gasteiger partial charge in [-0.05, 0) is 53.0 Å². The summed E-state index contributed by atoms with van der Waals surface area (Å²) < 4.78 is 0.926. The molecule has 1 aromatic heterocycles. The van der Waals surface area contributed by atoms with Crippen LogP contribution in [0.5, 0.6) is 0 Å². The summed E-state index contributed by atoms with van der Waals surface area (Å²) in [6.07, 6.45) is 0. The van der Waals surface area contributed by atoms with E-state index >= 15 is 0 Å². The molecule has 0 radical (unpaired) electrons. The average Bonchev–Trinajstić information content (AvgIpc) is 2.78. The molecule has 0 atom stereocenters. The van der Waals surface area contributed by atoms with E-state index in [9.17, 15) is 4.79 Å². The van der Waals surface area contributed by atoms with Gasteiger partial charge < -0.3 is 15.3 Å². The number of anilines is 1. The van der Waals surface area contributed by atoms with Gasteiger partial charge in [0.1, 0.15) is 0 Å². The van der Waals surface area contributed by atoms with Gasteiger partial charge >= 0.3 is 5.69 Å². The molecule has 3 rings (SSSR count). The first-order chi connectivity index (χ1) is 10.0. The molecule has 3 N–H and O–H groups in total. The Labute approximate surface area is 130 Å². The maximum Gasteiger partial charge on any atom is 0.323 e. The van der Waals surface area contributed by atoms with Crippen LogP contribution in [0.25, 0.3) is 11.0 Å². The normalized spacial score (nSPS) is 11.0. The summed E-state index contributed by atoms with van der Waals surface area (Å²) in [4.78, 5) is 16.8. The number of nitrogens with one attached hydrogen (secondary N) is 3. The number of aryl methyl sites for hydroxylation is 2. The highest BCUT2D eigenvalue weighted by Gasteiger charge is 2.06. The second-order valence-electron chi connectivity index (χ2n) is 5.24. The van der Waals surface area contributed by atoms with Gasteiger partial charge in [-0.2, -0.15) is 0 Å². The maximum absolute atomic E-state index is 11.3. The van der Waals surface area contributed by atoms with Crippen LogP contribution in [0.3, 0.4) is 0 Å². The number of H-pyrrole nitrogens is 2. The largest absolute Gasteiger partial charge is 0.380 e. The average molecular weight is 346 g/mol. The van der Waals surface area contributed by atoms with Gasteiger partial charge in [0.15, 0.2) is 0 Å². The van der Waals surface area contributed by atoms with E-state index in [4.69, 9.17) is 0 Å². The van der Waals surface area contributed by atoms with Crippen molar-refractivity contribution in [2.24, 2.45) is 0 Å². The van der Waals surface area contributed by atoms with Crippen molar-refractivity contribution in [3.8, 4) is 0 Å². The lowest BCUT2D eigenvalue weighted by Crippen LogP contribution is -2.02. The van der Waals surface area contributed by atoms with Crippen molar-refractivity contribution in [3.63, 3.8) is 0 Å². The molecule has 1 heterocycles.